The van der Waals surface area contributed by atoms with E-state index < -0.39 is 20.0 Å². The molecule has 0 aromatic heterocycles. The summed E-state index contributed by atoms with van der Waals surface area (Å²) in [5, 5.41) is 10.1. The summed E-state index contributed by atoms with van der Waals surface area (Å²) in [5.41, 5.74) is 1.17. The summed E-state index contributed by atoms with van der Waals surface area (Å²) in [5.74, 6) is 0. The molecule has 0 saturated heterocycles. The summed E-state index contributed by atoms with van der Waals surface area (Å²) in [6, 6.07) is 10.8. The van der Waals surface area contributed by atoms with E-state index in [4.69, 9.17) is 11.6 Å². The van der Waals surface area contributed by atoms with Crippen LogP contribution >= 0.6 is 11.6 Å². The van der Waals surface area contributed by atoms with Crippen LogP contribution in [-0.2, 0) is 9.84 Å². The van der Waals surface area contributed by atoms with E-state index in [0.29, 0.717) is 24.8 Å². The Kier molecular flexibility index (Phi) is 6.56. The summed E-state index contributed by atoms with van der Waals surface area (Å²) in [7, 11) is -3.66. The first-order valence-electron chi connectivity index (χ1n) is 8.12. The SMILES string of the molecule is C=CCCCC(c1ccc([N+](=O)[O-])c(Cl)c1)S(=O)(=O)c1ccc(C)cc1. The molecule has 5 nitrogen and oxygen atoms in total. The lowest BCUT2D eigenvalue weighted by atomic mass is 10.1. The first-order valence-corrected chi connectivity index (χ1v) is 10.0. The number of unbranched alkanes of at least 4 members (excludes halogenated alkanes) is 1. The van der Waals surface area contributed by atoms with E-state index in [1.807, 2.05) is 6.92 Å². The van der Waals surface area contributed by atoms with Crippen LogP contribution in [0.3, 0.4) is 0 Å². The van der Waals surface area contributed by atoms with Gasteiger partial charge in [0, 0.05) is 6.07 Å². The molecule has 0 aliphatic rings. The van der Waals surface area contributed by atoms with Gasteiger partial charge in [-0.25, -0.2) is 8.42 Å². The zero-order valence-corrected chi connectivity index (χ0v) is 16.0. The zero-order chi connectivity index (χ0) is 19.3. The second-order valence-corrected chi connectivity index (χ2v) is 8.57. The second kappa shape index (κ2) is 8.47. The van der Waals surface area contributed by atoms with E-state index in [-0.39, 0.29) is 15.6 Å². The van der Waals surface area contributed by atoms with Gasteiger partial charge >= 0.3 is 0 Å². The number of allylic oxidation sites excluding steroid dienone is 1. The number of nitro groups is 1. The fourth-order valence-corrected chi connectivity index (χ4v) is 4.80. The Labute approximate surface area is 158 Å². The first-order chi connectivity index (χ1) is 12.3. The monoisotopic (exact) mass is 393 g/mol. The molecule has 0 amide bonds. The highest BCUT2D eigenvalue weighted by Gasteiger charge is 2.30. The molecule has 0 aliphatic heterocycles. The standard InChI is InChI=1S/C19H20ClNO4S/c1-3-4-5-6-19(15-9-12-18(21(22)23)17(20)13-15)26(24,25)16-10-7-14(2)8-11-16/h3,7-13,19H,1,4-6H2,2H3. The van der Waals surface area contributed by atoms with Gasteiger partial charge in [-0.2, -0.15) is 0 Å². The minimum absolute atomic E-state index is 0.0691. The Hall–Kier alpha value is -2.18. The van der Waals surface area contributed by atoms with Gasteiger partial charge in [0.2, 0.25) is 0 Å². The number of nitrogens with zero attached hydrogens (tertiary/aromatic N) is 1. The lowest BCUT2D eigenvalue weighted by Crippen LogP contribution is -2.14. The van der Waals surface area contributed by atoms with E-state index >= 15 is 0 Å². The van der Waals surface area contributed by atoms with Crippen LogP contribution in [0.4, 0.5) is 5.69 Å². The molecule has 0 heterocycles. The molecule has 7 heteroatoms. The van der Waals surface area contributed by atoms with Crippen LogP contribution in [0.2, 0.25) is 5.02 Å². The van der Waals surface area contributed by atoms with Crippen LogP contribution < -0.4 is 0 Å². The highest BCUT2D eigenvalue weighted by Crippen LogP contribution is 2.36. The van der Waals surface area contributed by atoms with Crippen molar-refractivity contribution in [2.45, 2.75) is 36.3 Å². The molecule has 26 heavy (non-hydrogen) atoms. The maximum Gasteiger partial charge on any atom is 0.287 e. The molecule has 2 aromatic rings. The van der Waals surface area contributed by atoms with Crippen LogP contribution in [0.5, 0.6) is 0 Å². The van der Waals surface area contributed by atoms with Crippen molar-refractivity contribution in [3.63, 3.8) is 0 Å². The number of nitro benzene ring substituents is 1. The predicted molar refractivity (Wildman–Crippen MR) is 103 cm³/mol. The summed E-state index contributed by atoms with van der Waals surface area (Å²) in [4.78, 5) is 10.6. The van der Waals surface area contributed by atoms with Gasteiger partial charge in [0.25, 0.3) is 5.69 Å². The maximum absolute atomic E-state index is 13.2. The van der Waals surface area contributed by atoms with Crippen LogP contribution in [0, 0.1) is 17.0 Å². The average molecular weight is 394 g/mol. The van der Waals surface area contributed by atoms with Crippen LogP contribution in [0.15, 0.2) is 60.0 Å². The second-order valence-electron chi connectivity index (χ2n) is 6.03. The molecule has 0 bridgehead atoms. The van der Waals surface area contributed by atoms with Crippen molar-refractivity contribution in [1.29, 1.82) is 0 Å². The number of halogens is 1. The fourth-order valence-electron chi connectivity index (χ4n) is 2.71. The predicted octanol–water partition coefficient (Wildman–Crippen LogP) is 5.43. The number of benzene rings is 2. The van der Waals surface area contributed by atoms with Crippen molar-refractivity contribution < 1.29 is 13.3 Å². The topological polar surface area (TPSA) is 77.3 Å². The van der Waals surface area contributed by atoms with Gasteiger partial charge in [-0.3, -0.25) is 10.1 Å². The average Bonchev–Trinajstić information content (AvgIpc) is 2.58. The maximum atomic E-state index is 13.2. The highest BCUT2D eigenvalue weighted by atomic mass is 35.5. The van der Waals surface area contributed by atoms with Crippen molar-refractivity contribution in [3.05, 3.63) is 81.4 Å². The molecule has 0 N–H and O–H groups in total. The van der Waals surface area contributed by atoms with Crippen molar-refractivity contribution in [2.75, 3.05) is 0 Å². The number of hydrogen-bond acceptors (Lipinski definition) is 4. The Morgan fingerprint density at radius 2 is 1.88 bits per heavy atom. The molecule has 0 fully saturated rings. The minimum atomic E-state index is -3.66. The Balaban J connectivity index is 2.49. The van der Waals surface area contributed by atoms with Gasteiger partial charge in [0.15, 0.2) is 9.84 Å². The summed E-state index contributed by atoms with van der Waals surface area (Å²) >= 11 is 5.99. The smallest absolute Gasteiger partial charge is 0.258 e. The number of sulfone groups is 1. The minimum Gasteiger partial charge on any atom is -0.258 e. The molecule has 138 valence electrons. The lowest BCUT2D eigenvalue weighted by Gasteiger charge is -2.18. The molecule has 1 unspecified atom stereocenters. The molecular weight excluding hydrogens is 374 g/mol. The van der Waals surface area contributed by atoms with Crippen LogP contribution in [0.25, 0.3) is 0 Å². The Bertz CT molecular complexity index is 908. The van der Waals surface area contributed by atoms with Gasteiger partial charge < -0.3 is 0 Å². The molecule has 0 spiro atoms. The molecule has 2 rings (SSSR count). The van der Waals surface area contributed by atoms with Crippen molar-refractivity contribution in [2.24, 2.45) is 0 Å². The summed E-state index contributed by atoms with van der Waals surface area (Å²) in [6.07, 6.45) is 3.42. The molecule has 0 saturated carbocycles. The van der Waals surface area contributed by atoms with Gasteiger partial charge in [0.1, 0.15) is 5.02 Å². The third-order valence-electron chi connectivity index (χ3n) is 4.14. The molecular formula is C19H20ClNO4S. The largest absolute Gasteiger partial charge is 0.287 e. The fraction of sp³-hybridized carbons (Fsp3) is 0.263. The van der Waals surface area contributed by atoms with Crippen molar-refractivity contribution in [3.8, 4) is 0 Å². The van der Waals surface area contributed by atoms with Crippen LogP contribution in [-0.4, -0.2) is 13.3 Å². The van der Waals surface area contributed by atoms with E-state index in [9.17, 15) is 18.5 Å². The Morgan fingerprint density at radius 1 is 1.23 bits per heavy atom. The highest BCUT2D eigenvalue weighted by molar-refractivity contribution is 7.91. The third-order valence-corrected chi connectivity index (χ3v) is 6.63. The lowest BCUT2D eigenvalue weighted by molar-refractivity contribution is -0.384. The number of rotatable bonds is 8. The van der Waals surface area contributed by atoms with Crippen LogP contribution in [0.1, 0.15) is 35.6 Å². The molecule has 2 aromatic carbocycles. The quantitative estimate of drug-likeness (QED) is 0.259. The van der Waals surface area contributed by atoms with Gasteiger partial charge in [0.05, 0.1) is 15.1 Å². The summed E-state index contributed by atoms with van der Waals surface area (Å²) in [6.45, 7) is 5.54. The number of aryl methyl sites for hydroxylation is 1. The van der Waals surface area contributed by atoms with Gasteiger partial charge in [-0.05, 0) is 49.9 Å². The zero-order valence-electron chi connectivity index (χ0n) is 14.4. The third kappa shape index (κ3) is 4.51. The first kappa shape index (κ1) is 20.1. The van der Waals surface area contributed by atoms with Gasteiger partial charge in [-0.1, -0.05) is 41.4 Å². The van der Waals surface area contributed by atoms with E-state index in [0.717, 1.165) is 5.56 Å². The van der Waals surface area contributed by atoms with Crippen molar-refractivity contribution >= 4 is 27.1 Å². The molecule has 1 atom stereocenters. The van der Waals surface area contributed by atoms with Crippen molar-refractivity contribution in [1.82, 2.24) is 0 Å². The molecule has 0 radical (unpaired) electrons. The van der Waals surface area contributed by atoms with E-state index in [1.54, 1.807) is 30.3 Å². The Morgan fingerprint density at radius 3 is 2.42 bits per heavy atom. The van der Waals surface area contributed by atoms with E-state index in [1.165, 1.54) is 18.2 Å². The van der Waals surface area contributed by atoms with E-state index in [2.05, 4.69) is 6.58 Å². The molecule has 0 aliphatic carbocycles. The number of hydrogen-bond donors (Lipinski definition) is 0. The normalized spacial score (nSPS) is 12.5. The summed E-state index contributed by atoms with van der Waals surface area (Å²) < 4.78 is 26.3. The van der Waals surface area contributed by atoms with Gasteiger partial charge in [-0.15, -0.1) is 6.58 Å².